The number of nitrogen functional groups attached to an aromatic ring is 1. The summed E-state index contributed by atoms with van der Waals surface area (Å²) in [5.74, 6) is 0. The second-order valence-electron chi connectivity index (χ2n) is 5.41. The summed E-state index contributed by atoms with van der Waals surface area (Å²) in [6.07, 6.45) is 2.97. The summed E-state index contributed by atoms with van der Waals surface area (Å²) in [7, 11) is -3.53. The van der Waals surface area contributed by atoms with Gasteiger partial charge in [0.1, 0.15) is 4.90 Å². The van der Waals surface area contributed by atoms with Crippen LogP contribution in [0.3, 0.4) is 0 Å². The third kappa shape index (κ3) is 3.73. The molecule has 0 radical (unpaired) electrons. The maximum absolute atomic E-state index is 12.9. The van der Waals surface area contributed by atoms with Crippen molar-refractivity contribution < 1.29 is 8.42 Å². The molecular weight excluding hydrogens is 272 g/mol. The van der Waals surface area contributed by atoms with Crippen molar-refractivity contribution in [2.75, 3.05) is 12.3 Å². The Kier molecular flexibility index (Phi) is 6.02. The van der Waals surface area contributed by atoms with Gasteiger partial charge in [-0.2, -0.15) is 4.31 Å². The highest BCUT2D eigenvalue weighted by atomic mass is 32.2. The first kappa shape index (κ1) is 17.0. The molecular formula is C15H26N2O2S. The van der Waals surface area contributed by atoms with Crippen molar-refractivity contribution in [1.29, 1.82) is 0 Å². The van der Waals surface area contributed by atoms with Crippen molar-refractivity contribution >= 4 is 15.7 Å². The fourth-order valence-electron chi connectivity index (χ4n) is 2.32. The topological polar surface area (TPSA) is 63.4 Å². The number of hydrogen-bond acceptors (Lipinski definition) is 3. The van der Waals surface area contributed by atoms with Gasteiger partial charge >= 0.3 is 0 Å². The number of rotatable bonds is 7. The van der Waals surface area contributed by atoms with E-state index >= 15 is 0 Å². The third-order valence-corrected chi connectivity index (χ3v) is 5.66. The Balaban J connectivity index is 3.17. The van der Waals surface area contributed by atoms with E-state index in [0.29, 0.717) is 17.8 Å². The quantitative estimate of drug-likeness (QED) is 0.621. The van der Waals surface area contributed by atoms with Gasteiger partial charge in [0.05, 0.1) is 5.69 Å². The maximum Gasteiger partial charge on any atom is 0.245 e. The lowest BCUT2D eigenvalue weighted by Crippen LogP contribution is -2.38. The number of benzene rings is 1. The molecule has 1 aromatic rings. The van der Waals surface area contributed by atoms with Gasteiger partial charge in [-0.05, 0) is 38.8 Å². The molecule has 0 amide bonds. The zero-order chi connectivity index (χ0) is 15.3. The molecule has 0 saturated carbocycles. The number of anilines is 1. The van der Waals surface area contributed by atoms with Crippen LogP contribution in [0.25, 0.3) is 0 Å². The van der Waals surface area contributed by atoms with Crippen LogP contribution in [0.15, 0.2) is 23.1 Å². The summed E-state index contributed by atoms with van der Waals surface area (Å²) in [6, 6.07) is 5.13. The summed E-state index contributed by atoms with van der Waals surface area (Å²) in [5, 5.41) is 0. The second-order valence-corrected chi connectivity index (χ2v) is 7.24. The normalized spacial score (nSPS) is 12.3. The summed E-state index contributed by atoms with van der Waals surface area (Å²) in [6.45, 7) is 8.23. The maximum atomic E-state index is 12.9. The Hall–Kier alpha value is -1.07. The standard InChI is InChI=1S/C15H26N2O2S/c1-5-6-7-11-17(12(2)3)20(18,19)15-13(4)9-8-10-14(15)16/h8-10,12H,5-7,11,16H2,1-4H3. The van der Waals surface area contributed by atoms with E-state index in [-0.39, 0.29) is 10.9 Å². The SMILES string of the molecule is CCCCCN(C(C)C)S(=O)(=O)c1c(C)cccc1N. The number of nitrogens with two attached hydrogens (primary N) is 1. The molecule has 114 valence electrons. The first-order valence-electron chi connectivity index (χ1n) is 7.19. The number of hydrogen-bond donors (Lipinski definition) is 1. The van der Waals surface area contributed by atoms with Crippen LogP contribution in [0.5, 0.6) is 0 Å². The molecule has 0 fully saturated rings. The summed E-state index contributed by atoms with van der Waals surface area (Å²) in [4.78, 5) is 0.255. The second kappa shape index (κ2) is 7.09. The minimum absolute atomic E-state index is 0.0733. The van der Waals surface area contributed by atoms with E-state index in [1.807, 2.05) is 13.8 Å². The Morgan fingerprint density at radius 1 is 1.25 bits per heavy atom. The summed E-state index contributed by atoms with van der Waals surface area (Å²) >= 11 is 0. The minimum atomic E-state index is -3.53. The molecule has 0 saturated heterocycles. The Morgan fingerprint density at radius 2 is 1.90 bits per heavy atom. The molecule has 0 aromatic heterocycles. The van der Waals surface area contributed by atoms with Crippen LogP contribution in [0.1, 0.15) is 45.6 Å². The fraction of sp³-hybridized carbons (Fsp3) is 0.600. The third-order valence-electron chi connectivity index (χ3n) is 3.37. The number of nitrogens with zero attached hydrogens (tertiary/aromatic N) is 1. The molecule has 0 atom stereocenters. The summed E-state index contributed by atoms with van der Waals surface area (Å²) in [5.41, 5.74) is 6.92. The lowest BCUT2D eigenvalue weighted by Gasteiger charge is -2.27. The van der Waals surface area contributed by atoms with Crippen molar-refractivity contribution in [3.8, 4) is 0 Å². The van der Waals surface area contributed by atoms with Crippen LogP contribution < -0.4 is 5.73 Å². The van der Waals surface area contributed by atoms with Crippen molar-refractivity contribution in [2.24, 2.45) is 0 Å². The molecule has 5 heteroatoms. The molecule has 0 heterocycles. The Morgan fingerprint density at radius 3 is 2.40 bits per heavy atom. The minimum Gasteiger partial charge on any atom is -0.398 e. The van der Waals surface area contributed by atoms with Crippen molar-refractivity contribution in [3.05, 3.63) is 23.8 Å². The molecule has 20 heavy (non-hydrogen) atoms. The molecule has 0 aliphatic heterocycles. The monoisotopic (exact) mass is 298 g/mol. The van der Waals surface area contributed by atoms with E-state index in [9.17, 15) is 8.42 Å². The molecule has 1 aromatic carbocycles. The van der Waals surface area contributed by atoms with Gasteiger partial charge in [-0.1, -0.05) is 31.9 Å². The van der Waals surface area contributed by atoms with Crippen molar-refractivity contribution in [2.45, 2.75) is 57.9 Å². The number of unbranched alkanes of at least 4 members (excludes halogenated alkanes) is 2. The van der Waals surface area contributed by atoms with Crippen molar-refractivity contribution in [1.82, 2.24) is 4.31 Å². The van der Waals surface area contributed by atoms with E-state index < -0.39 is 10.0 Å². The van der Waals surface area contributed by atoms with Gasteiger partial charge in [0, 0.05) is 12.6 Å². The summed E-state index contributed by atoms with van der Waals surface area (Å²) < 4.78 is 27.3. The highest BCUT2D eigenvalue weighted by Crippen LogP contribution is 2.27. The largest absolute Gasteiger partial charge is 0.398 e. The van der Waals surface area contributed by atoms with Gasteiger partial charge in [-0.3, -0.25) is 0 Å². The molecule has 0 spiro atoms. The smallest absolute Gasteiger partial charge is 0.245 e. The van der Waals surface area contributed by atoms with Crippen LogP contribution in [0.2, 0.25) is 0 Å². The average molecular weight is 298 g/mol. The van der Waals surface area contributed by atoms with Gasteiger partial charge in [0.2, 0.25) is 10.0 Å². The lowest BCUT2D eigenvalue weighted by molar-refractivity contribution is 0.345. The van der Waals surface area contributed by atoms with Gasteiger partial charge in [0.25, 0.3) is 0 Å². The number of sulfonamides is 1. The van der Waals surface area contributed by atoms with Crippen molar-refractivity contribution in [3.63, 3.8) is 0 Å². The van der Waals surface area contributed by atoms with Gasteiger partial charge in [-0.25, -0.2) is 8.42 Å². The van der Waals surface area contributed by atoms with Crippen LogP contribution in [-0.2, 0) is 10.0 Å². The van der Waals surface area contributed by atoms with Gasteiger partial charge in [0.15, 0.2) is 0 Å². The van der Waals surface area contributed by atoms with Crippen LogP contribution in [0.4, 0.5) is 5.69 Å². The molecule has 1 rings (SSSR count). The van der Waals surface area contributed by atoms with E-state index in [0.717, 1.165) is 19.3 Å². The van der Waals surface area contributed by atoms with Gasteiger partial charge < -0.3 is 5.73 Å². The predicted molar refractivity (Wildman–Crippen MR) is 84.1 cm³/mol. The van der Waals surface area contributed by atoms with Crippen LogP contribution >= 0.6 is 0 Å². The molecule has 0 bridgehead atoms. The van der Waals surface area contributed by atoms with E-state index in [1.54, 1.807) is 29.4 Å². The van der Waals surface area contributed by atoms with Crippen LogP contribution in [-0.4, -0.2) is 25.3 Å². The zero-order valence-electron chi connectivity index (χ0n) is 12.9. The Labute approximate surface area is 123 Å². The predicted octanol–water partition coefficient (Wildman–Crippen LogP) is 3.17. The zero-order valence-corrected chi connectivity index (χ0v) is 13.7. The molecule has 2 N–H and O–H groups in total. The molecule has 0 aliphatic carbocycles. The van der Waals surface area contributed by atoms with E-state index in [4.69, 9.17) is 5.73 Å². The Bertz CT molecular complexity index is 519. The lowest BCUT2D eigenvalue weighted by atomic mass is 10.2. The van der Waals surface area contributed by atoms with E-state index in [2.05, 4.69) is 6.92 Å². The highest BCUT2D eigenvalue weighted by molar-refractivity contribution is 7.89. The van der Waals surface area contributed by atoms with E-state index in [1.165, 1.54) is 0 Å². The molecule has 4 nitrogen and oxygen atoms in total. The van der Waals surface area contributed by atoms with Crippen LogP contribution in [0, 0.1) is 6.92 Å². The average Bonchev–Trinajstić information content (AvgIpc) is 2.33. The first-order chi connectivity index (χ1) is 9.32. The number of aryl methyl sites for hydroxylation is 1. The fourth-order valence-corrected chi connectivity index (χ4v) is 4.32. The van der Waals surface area contributed by atoms with Gasteiger partial charge in [-0.15, -0.1) is 0 Å². The highest BCUT2D eigenvalue weighted by Gasteiger charge is 2.29. The molecule has 0 unspecified atom stereocenters. The molecule has 0 aliphatic rings. The first-order valence-corrected chi connectivity index (χ1v) is 8.63.